The molecule has 1 aromatic carbocycles. The number of amides is 1. The molecule has 4 heterocycles. The fourth-order valence-electron chi connectivity index (χ4n) is 4.69. The molecule has 0 bridgehead atoms. The van der Waals surface area contributed by atoms with Crippen molar-refractivity contribution in [3.05, 3.63) is 71.9 Å². The highest BCUT2D eigenvalue weighted by Gasteiger charge is 2.26. The molecule has 0 radical (unpaired) electrons. The maximum absolute atomic E-state index is 12.9. The van der Waals surface area contributed by atoms with Crippen molar-refractivity contribution in [3.63, 3.8) is 0 Å². The largest absolute Gasteiger partial charge is 0.444 e. The lowest BCUT2D eigenvalue weighted by molar-refractivity contribution is -0.0504. The number of halogens is 2. The topological polar surface area (TPSA) is 85.1 Å². The van der Waals surface area contributed by atoms with Crippen molar-refractivity contribution in [2.75, 3.05) is 31.1 Å². The van der Waals surface area contributed by atoms with Crippen LogP contribution in [0.25, 0.3) is 16.8 Å². The third kappa shape index (κ3) is 6.13. The average molecular weight is 551 g/mol. The first-order chi connectivity index (χ1) is 19.1. The van der Waals surface area contributed by atoms with Crippen molar-refractivity contribution in [2.24, 2.45) is 0 Å². The Hall–Kier alpha value is -4.28. The molecule has 4 aromatic rings. The number of para-hydroxylation sites is 1. The van der Waals surface area contributed by atoms with E-state index in [9.17, 15) is 13.6 Å². The molecule has 1 fully saturated rings. The number of imidazole rings is 1. The van der Waals surface area contributed by atoms with Gasteiger partial charge in [0.05, 0.1) is 5.69 Å². The molecular weight excluding hydrogens is 518 g/mol. The van der Waals surface area contributed by atoms with Gasteiger partial charge in [0.2, 0.25) is 5.95 Å². The number of benzene rings is 1. The number of fused-ring (bicyclic) bond motifs is 1. The highest BCUT2D eigenvalue weighted by Crippen LogP contribution is 2.27. The molecule has 0 spiro atoms. The van der Waals surface area contributed by atoms with Crippen LogP contribution in [0.15, 0.2) is 55.0 Å². The molecule has 0 aliphatic carbocycles. The Kier molecular flexibility index (Phi) is 7.55. The third-order valence-electron chi connectivity index (χ3n) is 6.65. The summed E-state index contributed by atoms with van der Waals surface area (Å²) in [6.45, 7) is 6.86. The van der Waals surface area contributed by atoms with Crippen molar-refractivity contribution in [3.8, 4) is 16.9 Å². The van der Waals surface area contributed by atoms with Crippen LogP contribution in [-0.4, -0.2) is 68.7 Å². The number of anilines is 1. The van der Waals surface area contributed by atoms with E-state index in [4.69, 9.17) is 9.47 Å². The summed E-state index contributed by atoms with van der Waals surface area (Å²) < 4.78 is 38.0. The number of ether oxygens (including phenoxy) is 2. The van der Waals surface area contributed by atoms with Crippen molar-refractivity contribution >= 4 is 17.7 Å². The second kappa shape index (κ2) is 11.1. The molecule has 11 heteroatoms. The summed E-state index contributed by atoms with van der Waals surface area (Å²) in [5.74, 6) is 0.752. The molecule has 0 N–H and O–H groups in total. The molecule has 3 aromatic heterocycles. The van der Waals surface area contributed by atoms with E-state index in [1.807, 2.05) is 55.3 Å². The Balaban J connectivity index is 1.32. The van der Waals surface area contributed by atoms with Gasteiger partial charge in [0.1, 0.15) is 17.0 Å². The minimum absolute atomic E-state index is 0.152. The highest BCUT2D eigenvalue weighted by molar-refractivity contribution is 5.68. The second-order valence-electron chi connectivity index (χ2n) is 10.7. The van der Waals surface area contributed by atoms with Gasteiger partial charge in [0.15, 0.2) is 0 Å². The number of aromatic nitrogens is 4. The predicted octanol–water partition coefficient (Wildman–Crippen LogP) is 5.35. The molecule has 1 aliphatic rings. The quantitative estimate of drug-likeness (QED) is 0.320. The van der Waals surface area contributed by atoms with Crippen LogP contribution >= 0.6 is 0 Å². The number of nitrogens with zero attached hydrogens (tertiary/aromatic N) is 6. The van der Waals surface area contributed by atoms with Gasteiger partial charge in [-0.25, -0.2) is 19.7 Å². The van der Waals surface area contributed by atoms with Crippen molar-refractivity contribution in [1.29, 1.82) is 0 Å². The molecule has 1 saturated heterocycles. The fraction of sp³-hybridized carbons (Fsp3) is 0.379. The standard InChI is InChI=1S/C29H32F2N6O3/c1-19-23(15-20-7-5-6-8-24(20)39-26(30)31)37-18-21(9-10-25(37)34-19)22-16-32-27(33-17-22)35-11-13-36(14-12-35)28(38)40-29(2,3)4/h5-10,16-18,26H,11-15H2,1-4H3. The summed E-state index contributed by atoms with van der Waals surface area (Å²) in [6.07, 6.45) is 5.58. The second-order valence-corrected chi connectivity index (χ2v) is 10.7. The van der Waals surface area contributed by atoms with Gasteiger partial charge in [-0.05, 0) is 45.9 Å². The predicted molar refractivity (Wildman–Crippen MR) is 147 cm³/mol. The van der Waals surface area contributed by atoms with Gasteiger partial charge in [-0.15, -0.1) is 0 Å². The number of aryl methyl sites for hydroxylation is 1. The van der Waals surface area contributed by atoms with Crippen molar-refractivity contribution in [1.82, 2.24) is 24.3 Å². The van der Waals surface area contributed by atoms with Crippen LogP contribution in [0.1, 0.15) is 37.7 Å². The van der Waals surface area contributed by atoms with Crippen LogP contribution in [0.4, 0.5) is 19.5 Å². The van der Waals surface area contributed by atoms with E-state index in [0.29, 0.717) is 44.1 Å². The first-order valence-electron chi connectivity index (χ1n) is 13.1. The zero-order chi connectivity index (χ0) is 28.4. The lowest BCUT2D eigenvalue weighted by atomic mass is 10.1. The van der Waals surface area contributed by atoms with Gasteiger partial charge in [-0.1, -0.05) is 18.2 Å². The summed E-state index contributed by atoms with van der Waals surface area (Å²) in [6, 6.07) is 10.7. The van der Waals surface area contributed by atoms with Gasteiger partial charge >= 0.3 is 12.7 Å². The number of hydrogen-bond donors (Lipinski definition) is 0. The number of rotatable bonds is 6. The Morgan fingerprint density at radius 3 is 2.38 bits per heavy atom. The molecule has 0 unspecified atom stereocenters. The summed E-state index contributed by atoms with van der Waals surface area (Å²) >= 11 is 0. The Morgan fingerprint density at radius 2 is 1.70 bits per heavy atom. The number of piperazine rings is 1. The van der Waals surface area contributed by atoms with E-state index in [2.05, 4.69) is 15.0 Å². The van der Waals surface area contributed by atoms with E-state index >= 15 is 0 Å². The number of hydrogen-bond acceptors (Lipinski definition) is 7. The minimum atomic E-state index is -2.90. The van der Waals surface area contributed by atoms with Crippen LogP contribution in [-0.2, 0) is 11.2 Å². The maximum atomic E-state index is 12.9. The number of carbonyl (C=O) groups excluding carboxylic acids is 1. The van der Waals surface area contributed by atoms with Gasteiger partial charge < -0.3 is 23.7 Å². The monoisotopic (exact) mass is 550 g/mol. The summed E-state index contributed by atoms with van der Waals surface area (Å²) in [5, 5.41) is 0. The van der Waals surface area contributed by atoms with Crippen LogP contribution in [0.3, 0.4) is 0 Å². The molecule has 210 valence electrons. The van der Waals surface area contributed by atoms with Gasteiger partial charge in [0, 0.05) is 73.6 Å². The molecule has 1 aliphatic heterocycles. The molecule has 9 nitrogen and oxygen atoms in total. The average Bonchev–Trinajstić information content (AvgIpc) is 3.22. The first-order valence-corrected chi connectivity index (χ1v) is 13.1. The van der Waals surface area contributed by atoms with Crippen molar-refractivity contribution in [2.45, 2.75) is 46.3 Å². The zero-order valence-corrected chi connectivity index (χ0v) is 23.0. The minimum Gasteiger partial charge on any atom is -0.444 e. The summed E-state index contributed by atoms with van der Waals surface area (Å²) in [4.78, 5) is 29.9. The lowest BCUT2D eigenvalue weighted by Crippen LogP contribution is -2.50. The molecule has 0 saturated carbocycles. The number of alkyl halides is 2. The van der Waals surface area contributed by atoms with Gasteiger partial charge in [-0.2, -0.15) is 8.78 Å². The van der Waals surface area contributed by atoms with E-state index in [1.165, 1.54) is 0 Å². The lowest BCUT2D eigenvalue weighted by Gasteiger charge is -2.35. The highest BCUT2D eigenvalue weighted by atomic mass is 19.3. The maximum Gasteiger partial charge on any atom is 0.410 e. The van der Waals surface area contributed by atoms with Crippen molar-refractivity contribution < 1.29 is 23.0 Å². The molecule has 40 heavy (non-hydrogen) atoms. The zero-order valence-electron chi connectivity index (χ0n) is 23.0. The smallest absolute Gasteiger partial charge is 0.410 e. The molecular formula is C29H32F2N6O3. The molecule has 0 atom stereocenters. The normalized spacial score (nSPS) is 14.2. The molecule has 5 rings (SSSR count). The van der Waals surface area contributed by atoms with Crippen LogP contribution < -0.4 is 9.64 Å². The van der Waals surface area contributed by atoms with Gasteiger partial charge in [-0.3, -0.25) is 0 Å². The van der Waals surface area contributed by atoms with Crippen LogP contribution in [0.5, 0.6) is 5.75 Å². The SMILES string of the molecule is Cc1nc2ccc(-c3cnc(N4CCN(C(=O)OC(C)(C)C)CC4)nc3)cn2c1Cc1ccccc1OC(F)F. The van der Waals surface area contributed by atoms with E-state index in [1.54, 1.807) is 41.6 Å². The number of carbonyl (C=O) groups is 1. The van der Waals surface area contributed by atoms with E-state index in [0.717, 1.165) is 28.2 Å². The van der Waals surface area contributed by atoms with Crippen LogP contribution in [0, 0.1) is 6.92 Å². The van der Waals surface area contributed by atoms with E-state index in [-0.39, 0.29) is 11.8 Å². The van der Waals surface area contributed by atoms with E-state index < -0.39 is 12.2 Å². The summed E-state index contributed by atoms with van der Waals surface area (Å²) in [7, 11) is 0. The summed E-state index contributed by atoms with van der Waals surface area (Å²) in [5.41, 5.74) is 4.28. The number of pyridine rings is 1. The Morgan fingerprint density at radius 1 is 1.00 bits per heavy atom. The van der Waals surface area contributed by atoms with Gasteiger partial charge in [0.25, 0.3) is 0 Å². The Labute approximate surface area is 231 Å². The van der Waals surface area contributed by atoms with Crippen LogP contribution in [0.2, 0.25) is 0 Å². The molecule has 1 amide bonds. The Bertz CT molecular complexity index is 1490. The fourth-order valence-corrected chi connectivity index (χ4v) is 4.69. The third-order valence-corrected chi connectivity index (χ3v) is 6.65. The first kappa shape index (κ1) is 27.3.